The van der Waals surface area contributed by atoms with Crippen LogP contribution in [0.2, 0.25) is 0 Å². The van der Waals surface area contributed by atoms with Gasteiger partial charge in [0.1, 0.15) is 6.10 Å². The van der Waals surface area contributed by atoms with E-state index in [1.165, 1.54) is 0 Å². The van der Waals surface area contributed by atoms with Crippen LogP contribution in [0.15, 0.2) is 30.3 Å². The van der Waals surface area contributed by atoms with Gasteiger partial charge in [0.15, 0.2) is 0 Å². The zero-order chi connectivity index (χ0) is 9.68. The molecule has 1 aromatic rings. The number of hydrogen-bond acceptors (Lipinski definition) is 2. The molecule has 0 aromatic heterocycles. The number of rotatable bonds is 3. The minimum Gasteiger partial charge on any atom is -0.379 e. The van der Waals surface area contributed by atoms with Gasteiger partial charge in [-0.3, -0.25) is 0 Å². The zero-order valence-electron chi connectivity index (χ0n) is 7.35. The molecule has 68 valence electrons. The maximum atomic E-state index is 9.23. The minimum atomic E-state index is -0.861. The van der Waals surface area contributed by atoms with Gasteiger partial charge < -0.3 is 10.8 Å². The molecule has 2 heteroatoms. The van der Waals surface area contributed by atoms with E-state index in [4.69, 9.17) is 12.2 Å². The van der Waals surface area contributed by atoms with E-state index in [2.05, 4.69) is 5.92 Å². The molecular weight excluding hydrogens is 162 g/mol. The lowest BCUT2D eigenvalue weighted by Gasteiger charge is -2.13. The summed E-state index contributed by atoms with van der Waals surface area (Å²) in [6, 6.07) is 9.35. The molecule has 2 atom stereocenters. The Bertz CT molecular complexity index is 289. The Hall–Kier alpha value is -1.30. The molecule has 0 bridgehead atoms. The van der Waals surface area contributed by atoms with Crippen LogP contribution in [-0.2, 0) is 6.42 Å². The molecule has 0 heterocycles. The van der Waals surface area contributed by atoms with Gasteiger partial charge in [0.05, 0.1) is 0 Å². The van der Waals surface area contributed by atoms with Crippen molar-refractivity contribution >= 4 is 0 Å². The lowest BCUT2D eigenvalue weighted by atomic mass is 10.0. The van der Waals surface area contributed by atoms with Crippen LogP contribution in [-0.4, -0.2) is 17.3 Å². The van der Waals surface area contributed by atoms with E-state index in [-0.39, 0.29) is 6.04 Å². The number of aliphatic hydroxyl groups is 1. The maximum absolute atomic E-state index is 9.23. The Kier molecular flexibility index (Phi) is 3.51. The first kappa shape index (κ1) is 9.79. The molecule has 1 rings (SSSR count). The van der Waals surface area contributed by atoms with E-state index >= 15 is 0 Å². The van der Waals surface area contributed by atoms with E-state index in [1.54, 1.807) is 0 Å². The highest BCUT2D eigenvalue weighted by molar-refractivity contribution is 5.17. The molecule has 0 aliphatic heterocycles. The molecule has 1 unspecified atom stereocenters. The number of terminal acetylenes is 1. The smallest absolute Gasteiger partial charge is 0.129 e. The molecule has 0 aliphatic rings. The summed E-state index contributed by atoms with van der Waals surface area (Å²) < 4.78 is 0. The molecule has 0 radical (unpaired) electrons. The first-order chi connectivity index (χ1) is 6.24. The van der Waals surface area contributed by atoms with Crippen molar-refractivity contribution in [2.24, 2.45) is 5.73 Å². The van der Waals surface area contributed by atoms with E-state index in [1.807, 2.05) is 30.3 Å². The van der Waals surface area contributed by atoms with E-state index in [0.717, 1.165) is 5.56 Å². The Morgan fingerprint density at radius 1 is 1.38 bits per heavy atom. The largest absolute Gasteiger partial charge is 0.379 e. The summed E-state index contributed by atoms with van der Waals surface area (Å²) in [7, 11) is 0. The molecule has 0 saturated carbocycles. The quantitative estimate of drug-likeness (QED) is 0.659. The van der Waals surface area contributed by atoms with Gasteiger partial charge in [0.25, 0.3) is 0 Å². The number of nitrogens with two attached hydrogens (primary N) is 1. The molecule has 1 aromatic carbocycles. The van der Waals surface area contributed by atoms with Crippen LogP contribution >= 0.6 is 0 Å². The Labute approximate surface area is 78.4 Å². The number of hydrogen-bond donors (Lipinski definition) is 2. The van der Waals surface area contributed by atoms with Gasteiger partial charge in [-0.15, -0.1) is 6.42 Å². The zero-order valence-corrected chi connectivity index (χ0v) is 7.35. The van der Waals surface area contributed by atoms with Crippen molar-refractivity contribution < 1.29 is 5.11 Å². The molecule has 3 N–H and O–H groups in total. The van der Waals surface area contributed by atoms with Crippen LogP contribution in [0.25, 0.3) is 0 Å². The highest BCUT2D eigenvalue weighted by atomic mass is 16.3. The molecule has 2 nitrogen and oxygen atoms in total. The van der Waals surface area contributed by atoms with Crippen molar-refractivity contribution in [3.05, 3.63) is 35.9 Å². The highest BCUT2D eigenvalue weighted by Gasteiger charge is 2.11. The third kappa shape index (κ3) is 2.90. The highest BCUT2D eigenvalue weighted by Crippen LogP contribution is 2.03. The summed E-state index contributed by atoms with van der Waals surface area (Å²) in [5, 5.41) is 9.23. The Balaban J connectivity index is 2.56. The van der Waals surface area contributed by atoms with Crippen molar-refractivity contribution in [2.45, 2.75) is 18.6 Å². The summed E-state index contributed by atoms with van der Waals surface area (Å²) in [6.45, 7) is 0. The maximum Gasteiger partial charge on any atom is 0.129 e. The SMILES string of the molecule is C#CC(O)[C@@H](N)Cc1ccccc1. The average Bonchev–Trinajstić information content (AvgIpc) is 2.18. The predicted octanol–water partition coefficient (Wildman–Crippen LogP) is 0.550. The van der Waals surface area contributed by atoms with Gasteiger partial charge in [-0.05, 0) is 12.0 Å². The summed E-state index contributed by atoms with van der Waals surface area (Å²) in [6.07, 6.45) is 4.79. The molecule has 0 fully saturated rings. The second-order valence-electron chi connectivity index (χ2n) is 2.97. The fraction of sp³-hybridized carbons (Fsp3) is 0.273. The summed E-state index contributed by atoms with van der Waals surface area (Å²) in [4.78, 5) is 0. The van der Waals surface area contributed by atoms with Crippen LogP contribution in [0.3, 0.4) is 0 Å². The summed E-state index contributed by atoms with van der Waals surface area (Å²) >= 11 is 0. The molecule has 0 aliphatic carbocycles. The molecule has 13 heavy (non-hydrogen) atoms. The van der Waals surface area contributed by atoms with Gasteiger partial charge in [0.2, 0.25) is 0 Å². The second-order valence-corrected chi connectivity index (χ2v) is 2.97. The lowest BCUT2D eigenvalue weighted by molar-refractivity contribution is 0.200. The molecule has 0 amide bonds. The fourth-order valence-electron chi connectivity index (χ4n) is 1.12. The van der Waals surface area contributed by atoms with Crippen molar-refractivity contribution in [2.75, 3.05) is 0 Å². The third-order valence-corrected chi connectivity index (χ3v) is 1.89. The standard InChI is InChI=1S/C11H13NO/c1-2-11(13)10(12)8-9-6-4-3-5-7-9/h1,3-7,10-11,13H,8,12H2/t10-,11?/m0/s1. The average molecular weight is 175 g/mol. The van der Waals surface area contributed by atoms with Crippen LogP contribution in [0.1, 0.15) is 5.56 Å². The normalized spacial score (nSPS) is 14.5. The molecular formula is C11H13NO. The molecule has 0 spiro atoms. The number of benzene rings is 1. The fourth-order valence-corrected chi connectivity index (χ4v) is 1.12. The third-order valence-electron chi connectivity index (χ3n) is 1.89. The molecule has 0 saturated heterocycles. The Morgan fingerprint density at radius 2 is 2.00 bits per heavy atom. The number of aliphatic hydroxyl groups excluding tert-OH is 1. The monoisotopic (exact) mass is 175 g/mol. The van der Waals surface area contributed by atoms with Crippen LogP contribution in [0, 0.1) is 12.3 Å². The van der Waals surface area contributed by atoms with Crippen molar-refractivity contribution in [1.29, 1.82) is 0 Å². The lowest BCUT2D eigenvalue weighted by Crippen LogP contribution is -2.35. The van der Waals surface area contributed by atoms with Crippen molar-refractivity contribution in [1.82, 2.24) is 0 Å². The van der Waals surface area contributed by atoms with Crippen molar-refractivity contribution in [3.63, 3.8) is 0 Å². The van der Waals surface area contributed by atoms with E-state index in [9.17, 15) is 5.11 Å². The van der Waals surface area contributed by atoms with Gasteiger partial charge in [-0.2, -0.15) is 0 Å². The first-order valence-electron chi connectivity index (χ1n) is 4.17. The van der Waals surface area contributed by atoms with Gasteiger partial charge in [-0.25, -0.2) is 0 Å². The minimum absolute atomic E-state index is 0.382. The van der Waals surface area contributed by atoms with Crippen molar-refractivity contribution in [3.8, 4) is 12.3 Å². The van der Waals surface area contributed by atoms with Crippen LogP contribution in [0.5, 0.6) is 0 Å². The predicted molar refractivity (Wildman–Crippen MR) is 53.0 cm³/mol. The topological polar surface area (TPSA) is 46.2 Å². The summed E-state index contributed by atoms with van der Waals surface area (Å²) in [5.41, 5.74) is 6.75. The Morgan fingerprint density at radius 3 is 2.54 bits per heavy atom. The van der Waals surface area contributed by atoms with E-state index in [0.29, 0.717) is 6.42 Å². The second kappa shape index (κ2) is 4.66. The van der Waals surface area contributed by atoms with Crippen LogP contribution in [0.4, 0.5) is 0 Å². The van der Waals surface area contributed by atoms with Crippen LogP contribution < -0.4 is 5.73 Å². The first-order valence-corrected chi connectivity index (χ1v) is 4.17. The van der Waals surface area contributed by atoms with Gasteiger partial charge >= 0.3 is 0 Å². The van der Waals surface area contributed by atoms with Gasteiger partial charge in [-0.1, -0.05) is 36.3 Å². The van der Waals surface area contributed by atoms with E-state index < -0.39 is 6.10 Å². The van der Waals surface area contributed by atoms with Gasteiger partial charge in [0, 0.05) is 6.04 Å². The summed E-state index contributed by atoms with van der Waals surface area (Å²) in [5.74, 6) is 2.22.